The van der Waals surface area contributed by atoms with Gasteiger partial charge in [-0.05, 0) is 73.6 Å². The summed E-state index contributed by atoms with van der Waals surface area (Å²) in [5.41, 5.74) is 3.38. The summed E-state index contributed by atoms with van der Waals surface area (Å²) < 4.78 is 19.1. The molecule has 2 aromatic carbocycles. The fourth-order valence-electron chi connectivity index (χ4n) is 3.47. The lowest BCUT2D eigenvalue weighted by Gasteiger charge is -2.25. The highest BCUT2D eigenvalue weighted by atomic mass is 19.1. The number of hydrogen-bond acceptors (Lipinski definition) is 2. The van der Waals surface area contributed by atoms with E-state index in [0.717, 1.165) is 42.6 Å². The van der Waals surface area contributed by atoms with Gasteiger partial charge in [0.05, 0.1) is 6.10 Å². The minimum Gasteiger partial charge on any atom is -0.378 e. The third-order valence-electron chi connectivity index (χ3n) is 5.02. The van der Waals surface area contributed by atoms with Crippen LogP contribution in [0.3, 0.4) is 0 Å². The Hall–Kier alpha value is -2.20. The van der Waals surface area contributed by atoms with E-state index >= 15 is 0 Å². The van der Waals surface area contributed by atoms with E-state index in [0.29, 0.717) is 12.1 Å². The molecule has 0 bridgehead atoms. The molecular weight excluding hydrogens is 329 g/mol. The molecule has 3 nitrogen and oxygen atoms in total. The average Bonchev–Trinajstić information content (AvgIpc) is 2.66. The Bertz CT molecular complexity index is 768. The molecule has 0 aromatic heterocycles. The average molecular weight is 355 g/mol. The number of amides is 1. The van der Waals surface area contributed by atoms with Gasteiger partial charge in [0, 0.05) is 25.8 Å². The molecule has 1 saturated heterocycles. The second kappa shape index (κ2) is 8.45. The molecule has 4 heteroatoms. The smallest absolute Gasteiger partial charge is 0.253 e. The standard InChI is InChI=1S/C22H26FNO2/c1-16-14-19(23)9-10-21(16)17-6-5-7-18(15-17)22(25)24(2)12-11-20-8-3-4-13-26-20/h5-7,9-10,14-15,20H,3-4,8,11-13H2,1-2H3. The predicted octanol–water partition coefficient (Wildman–Crippen LogP) is 4.83. The van der Waals surface area contributed by atoms with Gasteiger partial charge < -0.3 is 9.64 Å². The van der Waals surface area contributed by atoms with E-state index in [1.165, 1.54) is 18.6 Å². The second-order valence-electron chi connectivity index (χ2n) is 7.04. The van der Waals surface area contributed by atoms with Gasteiger partial charge in [0.25, 0.3) is 5.91 Å². The number of ether oxygens (including phenoxy) is 1. The third kappa shape index (κ3) is 4.50. The Labute approximate surface area is 154 Å². The maximum atomic E-state index is 13.3. The molecule has 1 aliphatic heterocycles. The van der Waals surface area contributed by atoms with Gasteiger partial charge in [-0.1, -0.05) is 18.2 Å². The largest absolute Gasteiger partial charge is 0.378 e. The van der Waals surface area contributed by atoms with Crippen molar-refractivity contribution >= 4 is 5.91 Å². The lowest BCUT2D eigenvalue weighted by Crippen LogP contribution is -2.31. The minimum atomic E-state index is -0.247. The quantitative estimate of drug-likeness (QED) is 0.769. The van der Waals surface area contributed by atoms with Crippen LogP contribution in [0.5, 0.6) is 0 Å². The summed E-state index contributed by atoms with van der Waals surface area (Å²) in [5.74, 6) is -0.245. The highest BCUT2D eigenvalue weighted by molar-refractivity contribution is 5.95. The SMILES string of the molecule is Cc1cc(F)ccc1-c1cccc(C(=O)N(C)CCC2CCCCO2)c1. The summed E-state index contributed by atoms with van der Waals surface area (Å²) in [7, 11) is 1.83. The highest BCUT2D eigenvalue weighted by Crippen LogP contribution is 2.25. The molecule has 0 spiro atoms. The van der Waals surface area contributed by atoms with Gasteiger partial charge in [0.1, 0.15) is 5.82 Å². The van der Waals surface area contributed by atoms with Crippen LogP contribution in [-0.2, 0) is 4.74 Å². The minimum absolute atomic E-state index is 0.00224. The van der Waals surface area contributed by atoms with Crippen molar-refractivity contribution in [3.8, 4) is 11.1 Å². The first-order chi connectivity index (χ1) is 12.5. The molecule has 0 saturated carbocycles. The lowest BCUT2D eigenvalue weighted by molar-refractivity contribution is 0.00709. The molecular formula is C22H26FNO2. The van der Waals surface area contributed by atoms with Gasteiger partial charge in [-0.2, -0.15) is 0 Å². The van der Waals surface area contributed by atoms with Crippen LogP contribution in [0.25, 0.3) is 11.1 Å². The van der Waals surface area contributed by atoms with Crippen molar-refractivity contribution in [2.45, 2.75) is 38.7 Å². The van der Waals surface area contributed by atoms with E-state index in [1.54, 1.807) is 11.0 Å². The third-order valence-corrected chi connectivity index (χ3v) is 5.02. The first-order valence-corrected chi connectivity index (χ1v) is 9.28. The van der Waals surface area contributed by atoms with Crippen LogP contribution in [0.1, 0.15) is 41.6 Å². The van der Waals surface area contributed by atoms with E-state index in [4.69, 9.17) is 4.74 Å². The zero-order chi connectivity index (χ0) is 18.5. The fraction of sp³-hybridized carbons (Fsp3) is 0.409. The van der Waals surface area contributed by atoms with Gasteiger partial charge in [-0.3, -0.25) is 4.79 Å². The van der Waals surface area contributed by atoms with Crippen LogP contribution >= 0.6 is 0 Å². The van der Waals surface area contributed by atoms with Crippen molar-refractivity contribution in [3.63, 3.8) is 0 Å². The Balaban J connectivity index is 1.69. The molecule has 1 unspecified atom stereocenters. The van der Waals surface area contributed by atoms with Gasteiger partial charge in [-0.25, -0.2) is 4.39 Å². The van der Waals surface area contributed by atoms with Gasteiger partial charge in [0.15, 0.2) is 0 Å². The van der Waals surface area contributed by atoms with Crippen molar-refractivity contribution in [1.29, 1.82) is 0 Å². The van der Waals surface area contributed by atoms with Crippen molar-refractivity contribution in [2.75, 3.05) is 20.2 Å². The Morgan fingerprint density at radius 2 is 2.08 bits per heavy atom. The summed E-state index contributed by atoms with van der Waals surface area (Å²) in [5, 5.41) is 0. The van der Waals surface area contributed by atoms with Crippen LogP contribution in [0, 0.1) is 12.7 Å². The first-order valence-electron chi connectivity index (χ1n) is 9.28. The molecule has 1 atom stereocenters. The number of halogens is 1. The molecule has 3 rings (SSSR count). The Morgan fingerprint density at radius 1 is 1.23 bits per heavy atom. The summed E-state index contributed by atoms with van der Waals surface area (Å²) in [6.45, 7) is 3.40. The molecule has 1 fully saturated rings. The highest BCUT2D eigenvalue weighted by Gasteiger charge is 2.17. The van der Waals surface area contributed by atoms with Crippen molar-refractivity contribution in [3.05, 3.63) is 59.4 Å². The summed E-state index contributed by atoms with van der Waals surface area (Å²) in [4.78, 5) is 14.5. The van der Waals surface area contributed by atoms with E-state index in [9.17, 15) is 9.18 Å². The Kier molecular flexibility index (Phi) is 6.04. The summed E-state index contributed by atoms with van der Waals surface area (Å²) in [6.07, 6.45) is 4.58. The fourth-order valence-corrected chi connectivity index (χ4v) is 3.47. The molecule has 2 aromatic rings. The number of hydrogen-bond donors (Lipinski definition) is 0. The van der Waals surface area contributed by atoms with E-state index in [2.05, 4.69) is 0 Å². The number of carbonyl (C=O) groups excluding carboxylic acids is 1. The number of aryl methyl sites for hydroxylation is 1. The normalized spacial score (nSPS) is 17.1. The summed E-state index contributed by atoms with van der Waals surface area (Å²) >= 11 is 0. The molecule has 1 aliphatic rings. The zero-order valence-electron chi connectivity index (χ0n) is 15.5. The monoisotopic (exact) mass is 355 g/mol. The number of carbonyl (C=O) groups is 1. The zero-order valence-corrected chi connectivity index (χ0v) is 15.5. The van der Waals surface area contributed by atoms with E-state index in [-0.39, 0.29) is 17.8 Å². The molecule has 0 radical (unpaired) electrons. The van der Waals surface area contributed by atoms with Gasteiger partial charge >= 0.3 is 0 Å². The first kappa shape index (κ1) is 18.6. The van der Waals surface area contributed by atoms with Crippen molar-refractivity contribution in [1.82, 2.24) is 4.90 Å². The maximum absolute atomic E-state index is 13.3. The topological polar surface area (TPSA) is 29.5 Å². The molecule has 0 N–H and O–H groups in total. The lowest BCUT2D eigenvalue weighted by atomic mass is 9.98. The molecule has 1 amide bonds. The van der Waals surface area contributed by atoms with Crippen LogP contribution < -0.4 is 0 Å². The van der Waals surface area contributed by atoms with E-state index < -0.39 is 0 Å². The van der Waals surface area contributed by atoms with Crippen molar-refractivity contribution in [2.24, 2.45) is 0 Å². The maximum Gasteiger partial charge on any atom is 0.253 e. The molecule has 138 valence electrons. The van der Waals surface area contributed by atoms with Gasteiger partial charge in [0.2, 0.25) is 0 Å². The number of nitrogens with zero attached hydrogens (tertiary/aromatic N) is 1. The van der Waals surface area contributed by atoms with Gasteiger partial charge in [-0.15, -0.1) is 0 Å². The molecule has 26 heavy (non-hydrogen) atoms. The predicted molar refractivity (Wildman–Crippen MR) is 102 cm³/mol. The number of benzene rings is 2. The van der Waals surface area contributed by atoms with Crippen LogP contribution in [-0.4, -0.2) is 37.1 Å². The number of rotatable bonds is 5. The van der Waals surface area contributed by atoms with E-state index in [1.807, 2.05) is 38.2 Å². The van der Waals surface area contributed by atoms with Crippen LogP contribution in [0.4, 0.5) is 4.39 Å². The molecule has 1 heterocycles. The van der Waals surface area contributed by atoms with Crippen LogP contribution in [0.15, 0.2) is 42.5 Å². The summed E-state index contributed by atoms with van der Waals surface area (Å²) in [6, 6.07) is 12.3. The molecule has 0 aliphatic carbocycles. The Morgan fingerprint density at radius 3 is 2.81 bits per heavy atom. The second-order valence-corrected chi connectivity index (χ2v) is 7.04. The van der Waals surface area contributed by atoms with Crippen LogP contribution in [0.2, 0.25) is 0 Å². The van der Waals surface area contributed by atoms with Crippen molar-refractivity contribution < 1.29 is 13.9 Å².